The van der Waals surface area contributed by atoms with Crippen LogP contribution in [0.2, 0.25) is 0 Å². The van der Waals surface area contributed by atoms with Crippen molar-refractivity contribution in [2.24, 2.45) is 0 Å². The number of carbonyl (C=O) groups is 2. The maximum atomic E-state index is 11.8. The number of halogens is 1. The van der Waals surface area contributed by atoms with Crippen LogP contribution >= 0.6 is 15.9 Å². The van der Waals surface area contributed by atoms with Gasteiger partial charge >= 0.3 is 0 Å². The van der Waals surface area contributed by atoms with Gasteiger partial charge in [-0.15, -0.1) is 0 Å². The van der Waals surface area contributed by atoms with E-state index in [9.17, 15) is 9.59 Å². The molecule has 0 heterocycles. The average Bonchev–Trinajstić information content (AvgIpc) is 2.61. The highest BCUT2D eigenvalue weighted by atomic mass is 79.9. The highest BCUT2D eigenvalue weighted by Gasteiger charge is 2.14. The largest absolute Gasteiger partial charge is 0.484 e. The lowest BCUT2D eigenvalue weighted by Gasteiger charge is -2.13. The van der Waals surface area contributed by atoms with Crippen LogP contribution in [0.25, 0.3) is 11.1 Å². The summed E-state index contributed by atoms with van der Waals surface area (Å²) in [5.74, 6) is 0.0483. The molecule has 2 aromatic carbocycles. The monoisotopic (exact) mass is 404 g/mol. The average molecular weight is 405 g/mol. The van der Waals surface area contributed by atoms with Crippen LogP contribution < -0.4 is 15.4 Å². The molecule has 132 valence electrons. The zero-order chi connectivity index (χ0) is 18.2. The standard InChI is InChI=1S/C19H21BrN2O3/c1-3-21-19(24)13(2)22-18(23)12-25-17-10-6-15(7-11-17)14-4-8-16(20)9-5-14/h4-11,13H,3,12H2,1-2H3,(H,21,24)(H,22,23)/t13-/m0/s1. The fourth-order valence-electron chi connectivity index (χ4n) is 2.21. The molecule has 2 aromatic rings. The molecule has 0 bridgehead atoms. The Balaban J connectivity index is 1.86. The molecular formula is C19H21BrN2O3. The predicted molar refractivity (Wildman–Crippen MR) is 101 cm³/mol. The third-order valence-corrected chi connectivity index (χ3v) is 4.05. The SMILES string of the molecule is CCNC(=O)[C@H](C)NC(=O)COc1ccc(-c2ccc(Br)cc2)cc1. The quantitative estimate of drug-likeness (QED) is 0.744. The van der Waals surface area contributed by atoms with Crippen molar-refractivity contribution in [1.82, 2.24) is 10.6 Å². The van der Waals surface area contributed by atoms with Gasteiger partial charge in [-0.3, -0.25) is 9.59 Å². The van der Waals surface area contributed by atoms with Gasteiger partial charge in [-0.25, -0.2) is 0 Å². The van der Waals surface area contributed by atoms with Crippen molar-refractivity contribution in [1.29, 1.82) is 0 Å². The van der Waals surface area contributed by atoms with Crippen molar-refractivity contribution < 1.29 is 14.3 Å². The number of hydrogen-bond donors (Lipinski definition) is 2. The van der Waals surface area contributed by atoms with Gasteiger partial charge in [0.15, 0.2) is 6.61 Å². The summed E-state index contributed by atoms with van der Waals surface area (Å²) in [4.78, 5) is 23.4. The number of rotatable bonds is 7. The van der Waals surface area contributed by atoms with Gasteiger partial charge in [0.1, 0.15) is 11.8 Å². The summed E-state index contributed by atoms with van der Waals surface area (Å²) in [6, 6.07) is 14.9. The Morgan fingerprint density at radius 3 is 2.16 bits per heavy atom. The second kappa shape index (κ2) is 9.22. The van der Waals surface area contributed by atoms with E-state index >= 15 is 0 Å². The number of benzene rings is 2. The molecule has 0 fully saturated rings. The zero-order valence-corrected chi connectivity index (χ0v) is 15.8. The van der Waals surface area contributed by atoms with E-state index in [0.717, 1.165) is 15.6 Å². The van der Waals surface area contributed by atoms with Crippen LogP contribution in [0.5, 0.6) is 5.75 Å². The number of nitrogens with one attached hydrogen (secondary N) is 2. The minimum absolute atomic E-state index is 0.138. The molecule has 0 aliphatic heterocycles. The third kappa shape index (κ3) is 5.90. The zero-order valence-electron chi connectivity index (χ0n) is 14.2. The third-order valence-electron chi connectivity index (χ3n) is 3.52. The molecule has 0 spiro atoms. The molecule has 0 aliphatic rings. The van der Waals surface area contributed by atoms with Crippen LogP contribution in [-0.4, -0.2) is 31.0 Å². The first kappa shape index (κ1) is 19.0. The van der Waals surface area contributed by atoms with Gasteiger partial charge in [-0.1, -0.05) is 40.2 Å². The summed E-state index contributed by atoms with van der Waals surface area (Å²) in [5, 5.41) is 5.25. The number of carbonyl (C=O) groups excluding carboxylic acids is 2. The molecule has 1 atom stereocenters. The first-order valence-corrected chi connectivity index (χ1v) is 8.84. The number of likely N-dealkylation sites (N-methyl/N-ethyl adjacent to an activating group) is 1. The molecule has 6 heteroatoms. The molecule has 2 rings (SSSR count). The van der Waals surface area contributed by atoms with Crippen LogP contribution in [0.3, 0.4) is 0 Å². The fraction of sp³-hybridized carbons (Fsp3) is 0.263. The van der Waals surface area contributed by atoms with Crippen molar-refractivity contribution >= 4 is 27.7 Å². The van der Waals surface area contributed by atoms with Crippen LogP contribution in [0, 0.1) is 0 Å². The maximum absolute atomic E-state index is 11.8. The Kier molecular flexibility index (Phi) is 7.01. The Morgan fingerprint density at radius 2 is 1.60 bits per heavy atom. The Morgan fingerprint density at radius 1 is 1.04 bits per heavy atom. The Labute approximate surface area is 155 Å². The molecule has 25 heavy (non-hydrogen) atoms. The van der Waals surface area contributed by atoms with Gasteiger partial charge in [-0.2, -0.15) is 0 Å². The van der Waals surface area contributed by atoms with Gasteiger partial charge in [0, 0.05) is 11.0 Å². The number of ether oxygens (including phenoxy) is 1. The number of hydrogen-bond acceptors (Lipinski definition) is 3. The molecule has 2 amide bonds. The molecule has 2 N–H and O–H groups in total. The van der Waals surface area contributed by atoms with Crippen LogP contribution in [0.4, 0.5) is 0 Å². The second-order valence-electron chi connectivity index (χ2n) is 5.50. The summed E-state index contributed by atoms with van der Waals surface area (Å²) in [5.41, 5.74) is 2.16. The lowest BCUT2D eigenvalue weighted by Crippen LogP contribution is -2.46. The van der Waals surface area contributed by atoms with E-state index < -0.39 is 6.04 Å². The fourth-order valence-corrected chi connectivity index (χ4v) is 2.48. The normalized spacial score (nSPS) is 11.5. The summed E-state index contributed by atoms with van der Waals surface area (Å²) in [6.45, 7) is 3.85. The Bertz CT molecular complexity index is 714. The molecule has 0 aromatic heterocycles. The van der Waals surface area contributed by atoms with E-state index in [1.54, 1.807) is 6.92 Å². The molecule has 0 radical (unpaired) electrons. The number of amides is 2. The van der Waals surface area contributed by atoms with Gasteiger partial charge in [0.25, 0.3) is 5.91 Å². The van der Waals surface area contributed by atoms with Crippen molar-refractivity contribution in [2.45, 2.75) is 19.9 Å². The molecule has 0 aliphatic carbocycles. The van der Waals surface area contributed by atoms with Crippen molar-refractivity contribution in [3.05, 3.63) is 53.0 Å². The van der Waals surface area contributed by atoms with Crippen LogP contribution in [0.1, 0.15) is 13.8 Å². The lowest BCUT2D eigenvalue weighted by atomic mass is 10.1. The summed E-state index contributed by atoms with van der Waals surface area (Å²) >= 11 is 3.42. The highest BCUT2D eigenvalue weighted by molar-refractivity contribution is 9.10. The predicted octanol–water partition coefficient (Wildman–Crippen LogP) is 3.14. The molecule has 0 unspecified atom stereocenters. The van der Waals surface area contributed by atoms with E-state index in [0.29, 0.717) is 12.3 Å². The lowest BCUT2D eigenvalue weighted by molar-refractivity contribution is -0.129. The second-order valence-corrected chi connectivity index (χ2v) is 6.42. The minimum atomic E-state index is -0.587. The first-order valence-electron chi connectivity index (χ1n) is 8.05. The van der Waals surface area contributed by atoms with E-state index in [2.05, 4.69) is 26.6 Å². The molecule has 0 saturated carbocycles. The Hall–Kier alpha value is -2.34. The van der Waals surface area contributed by atoms with Crippen LogP contribution in [0.15, 0.2) is 53.0 Å². The van der Waals surface area contributed by atoms with Crippen molar-refractivity contribution in [2.75, 3.05) is 13.2 Å². The van der Waals surface area contributed by atoms with Gasteiger partial charge in [-0.05, 0) is 49.2 Å². The van der Waals surface area contributed by atoms with Gasteiger partial charge in [0.2, 0.25) is 5.91 Å². The van der Waals surface area contributed by atoms with Crippen molar-refractivity contribution in [3.63, 3.8) is 0 Å². The summed E-state index contributed by atoms with van der Waals surface area (Å²) < 4.78 is 6.50. The van der Waals surface area contributed by atoms with E-state index in [-0.39, 0.29) is 18.4 Å². The molecule has 5 nitrogen and oxygen atoms in total. The highest BCUT2D eigenvalue weighted by Crippen LogP contribution is 2.24. The molecule has 0 saturated heterocycles. The smallest absolute Gasteiger partial charge is 0.258 e. The van der Waals surface area contributed by atoms with Gasteiger partial charge in [0.05, 0.1) is 0 Å². The van der Waals surface area contributed by atoms with Crippen molar-refractivity contribution in [3.8, 4) is 16.9 Å². The van der Waals surface area contributed by atoms with E-state index in [4.69, 9.17) is 4.74 Å². The summed E-state index contributed by atoms with van der Waals surface area (Å²) in [6.07, 6.45) is 0. The molecular weight excluding hydrogens is 384 g/mol. The van der Waals surface area contributed by atoms with Crippen LogP contribution in [-0.2, 0) is 9.59 Å². The minimum Gasteiger partial charge on any atom is -0.484 e. The van der Waals surface area contributed by atoms with E-state index in [1.165, 1.54) is 0 Å². The topological polar surface area (TPSA) is 67.4 Å². The van der Waals surface area contributed by atoms with Gasteiger partial charge < -0.3 is 15.4 Å². The maximum Gasteiger partial charge on any atom is 0.258 e. The van der Waals surface area contributed by atoms with E-state index in [1.807, 2.05) is 55.5 Å². The first-order chi connectivity index (χ1) is 12.0. The summed E-state index contributed by atoms with van der Waals surface area (Å²) in [7, 11) is 0.